The topological polar surface area (TPSA) is 63.5 Å². The van der Waals surface area contributed by atoms with Gasteiger partial charge in [-0.15, -0.1) is 0 Å². The second-order valence-electron chi connectivity index (χ2n) is 4.66. The van der Waals surface area contributed by atoms with Crippen molar-refractivity contribution in [3.05, 3.63) is 36.1 Å². The van der Waals surface area contributed by atoms with Gasteiger partial charge in [0.2, 0.25) is 0 Å². The van der Waals surface area contributed by atoms with E-state index in [1.807, 2.05) is 24.3 Å². The Labute approximate surface area is 110 Å². The fourth-order valence-electron chi connectivity index (χ4n) is 2.45. The van der Waals surface area contributed by atoms with Crippen molar-refractivity contribution in [1.29, 1.82) is 0 Å². The summed E-state index contributed by atoms with van der Waals surface area (Å²) in [7, 11) is 1.66. The van der Waals surface area contributed by atoms with E-state index in [9.17, 15) is 4.79 Å². The van der Waals surface area contributed by atoms with Crippen molar-refractivity contribution in [2.75, 3.05) is 20.2 Å². The van der Waals surface area contributed by atoms with Crippen LogP contribution in [0.5, 0.6) is 0 Å². The number of fused-ring (bicyclic) bond motifs is 1. The molecule has 19 heavy (non-hydrogen) atoms. The first-order valence-corrected chi connectivity index (χ1v) is 6.30. The number of ether oxygens (including phenoxy) is 1. The molecular weight excluding hydrogens is 244 g/mol. The Morgan fingerprint density at radius 1 is 1.42 bits per heavy atom. The molecule has 1 saturated heterocycles. The molecule has 2 unspecified atom stereocenters. The Balaban J connectivity index is 1.80. The summed E-state index contributed by atoms with van der Waals surface area (Å²) in [6, 6.07) is 7.50. The van der Waals surface area contributed by atoms with E-state index in [4.69, 9.17) is 9.15 Å². The fraction of sp³-hybridized carbons (Fsp3) is 0.357. The van der Waals surface area contributed by atoms with Crippen LogP contribution in [0.1, 0.15) is 10.4 Å². The van der Waals surface area contributed by atoms with Gasteiger partial charge in [-0.3, -0.25) is 4.79 Å². The number of amides is 1. The zero-order valence-corrected chi connectivity index (χ0v) is 10.7. The number of carbonyl (C=O) groups is 1. The highest BCUT2D eigenvalue weighted by Gasteiger charge is 2.29. The van der Waals surface area contributed by atoms with E-state index in [1.54, 1.807) is 7.11 Å². The highest BCUT2D eigenvalue weighted by atomic mass is 16.5. The molecule has 0 bridgehead atoms. The summed E-state index contributed by atoms with van der Waals surface area (Å²) in [5.74, 6) is -0.124. The molecule has 5 nitrogen and oxygen atoms in total. The lowest BCUT2D eigenvalue weighted by molar-refractivity contribution is 0.0780. The van der Waals surface area contributed by atoms with Crippen LogP contribution in [0.15, 0.2) is 34.9 Å². The molecule has 5 heteroatoms. The quantitative estimate of drug-likeness (QED) is 0.869. The molecule has 0 spiro atoms. The van der Waals surface area contributed by atoms with Crippen LogP contribution in [0.25, 0.3) is 11.0 Å². The van der Waals surface area contributed by atoms with E-state index in [1.165, 1.54) is 6.26 Å². The number of hydrogen-bond donors (Lipinski definition) is 2. The molecule has 2 N–H and O–H groups in total. The first-order chi connectivity index (χ1) is 9.29. The Bertz CT molecular complexity index is 593. The van der Waals surface area contributed by atoms with E-state index < -0.39 is 0 Å². The van der Waals surface area contributed by atoms with Gasteiger partial charge < -0.3 is 19.8 Å². The minimum atomic E-state index is -0.124. The third kappa shape index (κ3) is 2.22. The van der Waals surface area contributed by atoms with E-state index in [2.05, 4.69) is 10.6 Å². The minimum Gasteiger partial charge on any atom is -0.463 e. The lowest BCUT2D eigenvalue weighted by Crippen LogP contribution is -2.43. The molecule has 0 aliphatic carbocycles. The molecular formula is C14H16N2O3. The predicted molar refractivity (Wildman–Crippen MR) is 71.1 cm³/mol. The van der Waals surface area contributed by atoms with Gasteiger partial charge in [0.15, 0.2) is 0 Å². The van der Waals surface area contributed by atoms with Crippen molar-refractivity contribution >= 4 is 16.9 Å². The highest BCUT2D eigenvalue weighted by Crippen LogP contribution is 2.20. The second-order valence-corrected chi connectivity index (χ2v) is 4.66. The van der Waals surface area contributed by atoms with Gasteiger partial charge in [0, 0.05) is 25.6 Å². The summed E-state index contributed by atoms with van der Waals surface area (Å²) in [6.07, 6.45) is 1.52. The fourth-order valence-corrected chi connectivity index (χ4v) is 2.45. The molecule has 3 rings (SSSR count). The van der Waals surface area contributed by atoms with Crippen LogP contribution in [-0.2, 0) is 4.74 Å². The molecule has 2 heterocycles. The molecule has 0 saturated carbocycles. The number of nitrogens with one attached hydrogen (secondary N) is 2. The molecule has 1 aromatic carbocycles. The maximum absolute atomic E-state index is 12.3. The second kappa shape index (κ2) is 5.03. The Morgan fingerprint density at radius 2 is 2.26 bits per heavy atom. The zero-order valence-electron chi connectivity index (χ0n) is 10.7. The van der Waals surface area contributed by atoms with Crippen molar-refractivity contribution in [1.82, 2.24) is 10.6 Å². The summed E-state index contributed by atoms with van der Waals surface area (Å²) in [5, 5.41) is 7.02. The molecule has 0 radical (unpaired) electrons. The average Bonchev–Trinajstić information content (AvgIpc) is 3.04. The number of para-hydroxylation sites is 1. The number of methoxy groups -OCH3 is 1. The highest BCUT2D eigenvalue weighted by molar-refractivity contribution is 6.06. The maximum atomic E-state index is 12.3. The summed E-state index contributed by atoms with van der Waals surface area (Å²) >= 11 is 0. The van der Waals surface area contributed by atoms with Crippen molar-refractivity contribution in [2.24, 2.45) is 0 Å². The molecule has 1 aliphatic heterocycles. The largest absolute Gasteiger partial charge is 0.463 e. The molecule has 2 aromatic rings. The third-order valence-corrected chi connectivity index (χ3v) is 3.50. The van der Waals surface area contributed by atoms with Crippen LogP contribution in [0.4, 0.5) is 0 Å². The number of benzene rings is 1. The van der Waals surface area contributed by atoms with Crippen LogP contribution in [0.2, 0.25) is 0 Å². The number of rotatable bonds is 3. The van der Waals surface area contributed by atoms with Gasteiger partial charge in [-0.05, 0) is 6.07 Å². The lowest BCUT2D eigenvalue weighted by Gasteiger charge is -2.18. The van der Waals surface area contributed by atoms with Crippen LogP contribution in [0, 0.1) is 0 Å². The van der Waals surface area contributed by atoms with E-state index >= 15 is 0 Å². The molecule has 1 amide bonds. The van der Waals surface area contributed by atoms with Gasteiger partial charge in [-0.1, -0.05) is 18.2 Å². The average molecular weight is 260 g/mol. The predicted octanol–water partition coefficient (Wildman–Crippen LogP) is 1.15. The number of hydrogen-bond acceptors (Lipinski definition) is 4. The third-order valence-electron chi connectivity index (χ3n) is 3.50. The Morgan fingerprint density at radius 3 is 3.11 bits per heavy atom. The van der Waals surface area contributed by atoms with Gasteiger partial charge in [0.25, 0.3) is 5.91 Å². The van der Waals surface area contributed by atoms with E-state index in [0.29, 0.717) is 5.56 Å². The van der Waals surface area contributed by atoms with Crippen LogP contribution >= 0.6 is 0 Å². The first kappa shape index (κ1) is 12.2. The van der Waals surface area contributed by atoms with Gasteiger partial charge in [-0.25, -0.2) is 0 Å². The summed E-state index contributed by atoms with van der Waals surface area (Å²) < 4.78 is 10.7. The smallest absolute Gasteiger partial charge is 0.255 e. The van der Waals surface area contributed by atoms with E-state index in [-0.39, 0.29) is 18.1 Å². The van der Waals surface area contributed by atoms with Crippen molar-refractivity contribution < 1.29 is 13.9 Å². The maximum Gasteiger partial charge on any atom is 0.255 e. The molecule has 1 aromatic heterocycles. The molecule has 1 aliphatic rings. The van der Waals surface area contributed by atoms with Crippen molar-refractivity contribution in [2.45, 2.75) is 12.1 Å². The van der Waals surface area contributed by atoms with Gasteiger partial charge in [0.05, 0.1) is 17.7 Å². The lowest BCUT2D eigenvalue weighted by atomic mass is 10.1. The summed E-state index contributed by atoms with van der Waals surface area (Å²) in [6.45, 7) is 1.48. The van der Waals surface area contributed by atoms with Crippen molar-refractivity contribution in [3.8, 4) is 0 Å². The van der Waals surface area contributed by atoms with Crippen LogP contribution in [0.3, 0.4) is 0 Å². The number of furan rings is 1. The van der Waals surface area contributed by atoms with Gasteiger partial charge in [-0.2, -0.15) is 0 Å². The molecule has 1 fully saturated rings. The number of carbonyl (C=O) groups excluding carboxylic acids is 1. The molecule has 100 valence electrons. The molecule has 2 atom stereocenters. The van der Waals surface area contributed by atoms with Crippen LogP contribution < -0.4 is 10.6 Å². The summed E-state index contributed by atoms with van der Waals surface area (Å²) in [5.41, 5.74) is 1.29. The first-order valence-electron chi connectivity index (χ1n) is 6.30. The SMILES string of the molecule is COC1CNCC1NC(=O)c1coc2ccccc12. The zero-order chi connectivity index (χ0) is 13.2. The minimum absolute atomic E-state index is 0.00818. The Kier molecular flexibility index (Phi) is 3.23. The monoisotopic (exact) mass is 260 g/mol. The summed E-state index contributed by atoms with van der Waals surface area (Å²) in [4.78, 5) is 12.3. The Hall–Kier alpha value is -1.85. The van der Waals surface area contributed by atoms with E-state index in [0.717, 1.165) is 24.1 Å². The van der Waals surface area contributed by atoms with Gasteiger partial charge in [0.1, 0.15) is 11.8 Å². The van der Waals surface area contributed by atoms with Crippen molar-refractivity contribution in [3.63, 3.8) is 0 Å². The standard InChI is InChI=1S/C14H16N2O3/c1-18-13-7-15-6-11(13)16-14(17)10-8-19-12-5-3-2-4-9(10)12/h2-5,8,11,13,15H,6-7H2,1H3,(H,16,17). The van der Waals surface area contributed by atoms with Crippen LogP contribution in [-0.4, -0.2) is 38.3 Å². The normalized spacial score (nSPS) is 22.8. The van der Waals surface area contributed by atoms with Gasteiger partial charge >= 0.3 is 0 Å².